The lowest BCUT2D eigenvalue weighted by atomic mass is 10.0. The number of carboxylic acid groups (broad SMARTS) is 1. The molecule has 0 aliphatic rings. The summed E-state index contributed by atoms with van der Waals surface area (Å²) in [4.78, 5) is 15.1. The second kappa shape index (κ2) is 9.22. The predicted octanol–water partition coefficient (Wildman–Crippen LogP) is 4.80. The van der Waals surface area contributed by atoms with Crippen molar-refractivity contribution >= 4 is 16.9 Å². The molecule has 0 radical (unpaired) electrons. The number of rotatable bonds is 9. The fraction of sp³-hybridized carbons (Fsp3) is 0.304. The zero-order chi connectivity index (χ0) is 19.9. The Morgan fingerprint density at radius 2 is 2.04 bits per heavy atom. The van der Waals surface area contributed by atoms with Gasteiger partial charge in [-0.25, -0.2) is 0 Å². The van der Waals surface area contributed by atoms with Crippen LogP contribution in [-0.4, -0.2) is 28.8 Å². The number of ether oxygens (including phenoxy) is 2. The molecular weight excluding hydrogens is 354 g/mol. The van der Waals surface area contributed by atoms with Gasteiger partial charge >= 0.3 is 5.97 Å². The zero-order valence-electron chi connectivity index (χ0n) is 16.2. The second-order valence-corrected chi connectivity index (χ2v) is 6.87. The Kier molecular flexibility index (Phi) is 6.48. The van der Waals surface area contributed by atoms with Crippen LogP contribution in [0.15, 0.2) is 54.7 Å². The minimum absolute atomic E-state index is 0.00161. The Morgan fingerprint density at radius 3 is 2.82 bits per heavy atom. The van der Waals surface area contributed by atoms with E-state index in [4.69, 9.17) is 14.6 Å². The molecular formula is C23H25NO4. The molecule has 0 amide bonds. The van der Waals surface area contributed by atoms with E-state index in [0.29, 0.717) is 13.0 Å². The summed E-state index contributed by atoms with van der Waals surface area (Å²) in [5, 5.41) is 9.82. The van der Waals surface area contributed by atoms with Crippen molar-refractivity contribution < 1.29 is 19.4 Å². The van der Waals surface area contributed by atoms with Crippen LogP contribution in [0.1, 0.15) is 30.9 Å². The molecule has 3 aromatic rings. The molecule has 0 aliphatic heterocycles. The molecule has 1 heterocycles. The average Bonchev–Trinajstić information content (AvgIpc) is 2.67. The molecule has 0 fully saturated rings. The van der Waals surface area contributed by atoms with E-state index in [-0.39, 0.29) is 12.5 Å². The first-order chi connectivity index (χ1) is 13.5. The van der Waals surface area contributed by atoms with Crippen LogP contribution in [0.3, 0.4) is 0 Å². The molecule has 0 bridgehead atoms. The van der Waals surface area contributed by atoms with Gasteiger partial charge in [0.15, 0.2) is 0 Å². The van der Waals surface area contributed by atoms with Gasteiger partial charge in [0, 0.05) is 24.4 Å². The molecule has 1 aromatic heterocycles. The van der Waals surface area contributed by atoms with Gasteiger partial charge in [-0.1, -0.05) is 12.1 Å². The summed E-state index contributed by atoms with van der Waals surface area (Å²) in [6, 6.07) is 15.6. The highest BCUT2D eigenvalue weighted by Gasteiger charge is 2.09. The summed E-state index contributed by atoms with van der Waals surface area (Å²) in [5.41, 5.74) is 3.00. The molecule has 2 aromatic carbocycles. The number of hydrogen-bond acceptors (Lipinski definition) is 4. The van der Waals surface area contributed by atoms with Gasteiger partial charge in [0.25, 0.3) is 0 Å². The van der Waals surface area contributed by atoms with Gasteiger partial charge in [-0.3, -0.25) is 9.78 Å². The first-order valence-electron chi connectivity index (χ1n) is 9.47. The first-order valence-corrected chi connectivity index (χ1v) is 9.47. The number of nitrogens with zero attached hydrogens (tertiary/aromatic N) is 1. The third-order valence-electron chi connectivity index (χ3n) is 4.65. The number of fused-ring (bicyclic) bond motifs is 1. The first kappa shape index (κ1) is 19.7. The topological polar surface area (TPSA) is 68.7 Å². The molecule has 0 aliphatic carbocycles. The fourth-order valence-electron chi connectivity index (χ4n) is 3.08. The SMILES string of the molecule is Cc1cc(OCCC(C)Oc2cccc3ncccc23)ccc1CCC(=O)O. The Bertz CT molecular complexity index is 949. The number of aromatic nitrogens is 1. The molecule has 0 spiro atoms. The number of aryl methyl sites for hydroxylation is 2. The van der Waals surface area contributed by atoms with Gasteiger partial charge in [-0.2, -0.15) is 0 Å². The lowest BCUT2D eigenvalue weighted by molar-refractivity contribution is -0.136. The minimum Gasteiger partial charge on any atom is -0.493 e. The van der Waals surface area contributed by atoms with Crippen LogP contribution >= 0.6 is 0 Å². The zero-order valence-corrected chi connectivity index (χ0v) is 16.2. The number of hydrogen-bond donors (Lipinski definition) is 1. The Hall–Kier alpha value is -3.08. The summed E-state index contributed by atoms with van der Waals surface area (Å²) in [6.45, 7) is 4.54. The van der Waals surface area contributed by atoms with E-state index in [1.807, 2.05) is 62.4 Å². The van der Waals surface area contributed by atoms with Crippen LogP contribution in [0.25, 0.3) is 10.9 Å². The quantitative estimate of drug-likeness (QED) is 0.578. The van der Waals surface area contributed by atoms with Gasteiger partial charge in [0.1, 0.15) is 11.5 Å². The third kappa shape index (κ3) is 5.22. The van der Waals surface area contributed by atoms with Gasteiger partial charge in [-0.05, 0) is 67.8 Å². The summed E-state index contributed by atoms with van der Waals surface area (Å²) in [6.07, 6.45) is 3.20. The molecule has 1 unspecified atom stereocenters. The van der Waals surface area contributed by atoms with E-state index >= 15 is 0 Å². The van der Waals surface area contributed by atoms with E-state index in [1.165, 1.54) is 0 Å². The summed E-state index contributed by atoms with van der Waals surface area (Å²) < 4.78 is 11.9. The van der Waals surface area contributed by atoms with Crippen molar-refractivity contribution in [3.8, 4) is 11.5 Å². The molecule has 28 heavy (non-hydrogen) atoms. The highest BCUT2D eigenvalue weighted by Crippen LogP contribution is 2.25. The molecule has 1 atom stereocenters. The normalized spacial score (nSPS) is 11.9. The van der Waals surface area contributed by atoms with Crippen LogP contribution in [0.4, 0.5) is 0 Å². The monoisotopic (exact) mass is 379 g/mol. The van der Waals surface area contributed by atoms with Crippen LogP contribution in [0.5, 0.6) is 11.5 Å². The van der Waals surface area contributed by atoms with Gasteiger partial charge in [0.05, 0.1) is 18.2 Å². The highest BCUT2D eigenvalue weighted by atomic mass is 16.5. The summed E-state index contributed by atoms with van der Waals surface area (Å²) in [7, 11) is 0. The second-order valence-electron chi connectivity index (χ2n) is 6.87. The number of aliphatic carboxylic acids is 1. The van der Waals surface area contributed by atoms with E-state index in [2.05, 4.69) is 4.98 Å². The molecule has 3 rings (SSSR count). The molecule has 146 valence electrons. The summed E-state index contributed by atoms with van der Waals surface area (Å²) in [5.74, 6) is 0.838. The van der Waals surface area contributed by atoms with Crippen molar-refractivity contribution in [2.45, 2.75) is 39.2 Å². The van der Waals surface area contributed by atoms with Gasteiger partial charge in [0.2, 0.25) is 0 Å². The minimum atomic E-state index is -0.782. The number of carbonyl (C=O) groups is 1. The molecule has 1 N–H and O–H groups in total. The van der Waals surface area contributed by atoms with Crippen molar-refractivity contribution in [1.82, 2.24) is 4.98 Å². The van der Waals surface area contributed by atoms with Crippen LogP contribution in [0.2, 0.25) is 0 Å². The van der Waals surface area contributed by atoms with Crippen molar-refractivity contribution in [3.05, 3.63) is 65.9 Å². The van der Waals surface area contributed by atoms with Crippen LogP contribution < -0.4 is 9.47 Å². The Balaban J connectivity index is 1.52. The Labute approximate surface area is 164 Å². The summed E-state index contributed by atoms with van der Waals surface area (Å²) >= 11 is 0. The Morgan fingerprint density at radius 1 is 1.18 bits per heavy atom. The fourth-order valence-corrected chi connectivity index (χ4v) is 3.08. The lowest BCUT2D eigenvalue weighted by Gasteiger charge is -2.17. The lowest BCUT2D eigenvalue weighted by Crippen LogP contribution is -2.16. The highest BCUT2D eigenvalue weighted by molar-refractivity contribution is 5.84. The maximum absolute atomic E-state index is 10.7. The van der Waals surface area contributed by atoms with Crippen LogP contribution in [0, 0.1) is 6.92 Å². The number of pyridine rings is 1. The van der Waals surface area contributed by atoms with Gasteiger partial charge < -0.3 is 14.6 Å². The predicted molar refractivity (Wildman–Crippen MR) is 109 cm³/mol. The van der Waals surface area contributed by atoms with Crippen molar-refractivity contribution in [3.63, 3.8) is 0 Å². The molecule has 0 saturated carbocycles. The van der Waals surface area contributed by atoms with E-state index < -0.39 is 5.97 Å². The van der Waals surface area contributed by atoms with E-state index in [0.717, 1.165) is 39.9 Å². The number of carboxylic acids is 1. The maximum atomic E-state index is 10.7. The van der Waals surface area contributed by atoms with Crippen molar-refractivity contribution in [2.75, 3.05) is 6.61 Å². The van der Waals surface area contributed by atoms with Gasteiger partial charge in [-0.15, -0.1) is 0 Å². The van der Waals surface area contributed by atoms with Crippen molar-refractivity contribution in [2.24, 2.45) is 0 Å². The maximum Gasteiger partial charge on any atom is 0.303 e. The van der Waals surface area contributed by atoms with E-state index in [9.17, 15) is 4.79 Å². The third-order valence-corrected chi connectivity index (χ3v) is 4.65. The molecule has 5 nitrogen and oxygen atoms in total. The van der Waals surface area contributed by atoms with E-state index in [1.54, 1.807) is 6.20 Å². The van der Waals surface area contributed by atoms with Crippen molar-refractivity contribution in [1.29, 1.82) is 0 Å². The standard InChI is InChI=1S/C23H25NO4/c1-16-15-19(10-8-18(16)9-11-23(25)26)27-14-12-17(2)28-22-7-3-6-21-20(22)5-4-13-24-21/h3-8,10,13,15,17H,9,11-12,14H2,1-2H3,(H,25,26). The van der Waals surface area contributed by atoms with Crippen LogP contribution in [-0.2, 0) is 11.2 Å². The molecule has 5 heteroatoms. The largest absolute Gasteiger partial charge is 0.493 e. The smallest absolute Gasteiger partial charge is 0.303 e. The average molecular weight is 379 g/mol. The molecule has 0 saturated heterocycles. The number of benzene rings is 2.